The van der Waals surface area contributed by atoms with Gasteiger partial charge in [-0.2, -0.15) is 0 Å². The van der Waals surface area contributed by atoms with Gasteiger partial charge in [-0.3, -0.25) is 15.1 Å². The molecule has 0 amide bonds. The molecule has 0 saturated heterocycles. The molecule has 0 spiro atoms. The molecule has 2 heterocycles. The molecular weight excluding hydrogens is 294 g/mol. The van der Waals surface area contributed by atoms with Crippen molar-refractivity contribution in [2.24, 2.45) is 4.99 Å². The fourth-order valence-electron chi connectivity index (χ4n) is 2.84. The predicted molar refractivity (Wildman–Crippen MR) is 87.7 cm³/mol. The van der Waals surface area contributed by atoms with Crippen molar-refractivity contribution in [2.75, 3.05) is 13.1 Å². The van der Waals surface area contributed by atoms with E-state index in [-0.39, 0.29) is 10.6 Å². The molecule has 0 atom stereocenters. The molecule has 1 N–H and O–H groups in total. The molecule has 1 aromatic heterocycles. The Kier molecular flexibility index (Phi) is 3.08. The van der Waals surface area contributed by atoms with Crippen LogP contribution in [0.25, 0.3) is 21.9 Å². The molecule has 6 heteroatoms. The third-order valence-corrected chi connectivity index (χ3v) is 3.90. The van der Waals surface area contributed by atoms with Crippen molar-refractivity contribution in [2.45, 2.75) is 0 Å². The Morgan fingerprint density at radius 1 is 1.17 bits per heavy atom. The van der Waals surface area contributed by atoms with Gasteiger partial charge in [0.15, 0.2) is 11.6 Å². The molecule has 0 radical (unpaired) electrons. The maximum Gasteiger partial charge on any atom is 0.270 e. The lowest BCUT2D eigenvalue weighted by Crippen LogP contribution is -2.18. The Balaban J connectivity index is 1.88. The molecule has 0 bridgehead atoms. The summed E-state index contributed by atoms with van der Waals surface area (Å²) in [5.74, 6) is 1.47. The van der Waals surface area contributed by atoms with Crippen molar-refractivity contribution in [3.63, 3.8) is 0 Å². The van der Waals surface area contributed by atoms with Crippen LogP contribution in [0.2, 0.25) is 0 Å². The summed E-state index contributed by atoms with van der Waals surface area (Å²) in [6.45, 7) is 1.55. The van der Waals surface area contributed by atoms with Gasteiger partial charge < -0.3 is 9.73 Å². The molecule has 0 saturated carbocycles. The Hall–Kier alpha value is -3.15. The highest BCUT2D eigenvalue weighted by atomic mass is 16.6. The second-order valence-electron chi connectivity index (χ2n) is 5.30. The smallest absolute Gasteiger partial charge is 0.270 e. The quantitative estimate of drug-likeness (QED) is 0.594. The van der Waals surface area contributed by atoms with E-state index in [0.717, 1.165) is 40.8 Å². The Morgan fingerprint density at radius 3 is 2.83 bits per heavy atom. The monoisotopic (exact) mass is 307 g/mol. The minimum Gasteiger partial charge on any atom is -0.460 e. The molecule has 1 aliphatic rings. The zero-order valence-corrected chi connectivity index (χ0v) is 12.2. The van der Waals surface area contributed by atoms with Crippen LogP contribution in [0.3, 0.4) is 0 Å². The molecule has 23 heavy (non-hydrogen) atoms. The van der Waals surface area contributed by atoms with E-state index in [1.807, 2.05) is 24.3 Å². The second kappa shape index (κ2) is 5.24. The van der Waals surface area contributed by atoms with E-state index in [2.05, 4.69) is 10.3 Å². The van der Waals surface area contributed by atoms with E-state index in [1.54, 1.807) is 18.4 Å². The van der Waals surface area contributed by atoms with Gasteiger partial charge in [0.25, 0.3) is 5.69 Å². The van der Waals surface area contributed by atoms with Crippen molar-refractivity contribution in [3.8, 4) is 11.1 Å². The average Bonchev–Trinajstić information content (AvgIpc) is 3.23. The lowest BCUT2D eigenvalue weighted by molar-refractivity contribution is -0.384. The molecule has 1 aliphatic heterocycles. The summed E-state index contributed by atoms with van der Waals surface area (Å²) in [5.41, 5.74) is 1.77. The van der Waals surface area contributed by atoms with Crippen LogP contribution < -0.4 is 5.32 Å². The normalized spacial score (nSPS) is 13.8. The highest BCUT2D eigenvalue weighted by molar-refractivity contribution is 6.11. The molecule has 0 fully saturated rings. The van der Waals surface area contributed by atoms with Crippen LogP contribution in [0, 0.1) is 10.1 Å². The first-order chi connectivity index (χ1) is 11.2. The molecular formula is C17H13N3O3. The van der Waals surface area contributed by atoms with Gasteiger partial charge in [0.05, 0.1) is 17.7 Å². The average molecular weight is 307 g/mol. The van der Waals surface area contributed by atoms with Crippen LogP contribution in [0.5, 0.6) is 0 Å². The summed E-state index contributed by atoms with van der Waals surface area (Å²) in [4.78, 5) is 15.0. The van der Waals surface area contributed by atoms with Crippen molar-refractivity contribution in [1.29, 1.82) is 0 Å². The number of nitrogens with zero attached hydrogens (tertiary/aromatic N) is 2. The Morgan fingerprint density at radius 2 is 2.04 bits per heavy atom. The van der Waals surface area contributed by atoms with E-state index in [9.17, 15) is 10.1 Å². The van der Waals surface area contributed by atoms with Crippen LogP contribution in [0.1, 0.15) is 5.76 Å². The van der Waals surface area contributed by atoms with Gasteiger partial charge in [-0.05, 0) is 11.1 Å². The Labute approximate surface area is 131 Å². The summed E-state index contributed by atoms with van der Waals surface area (Å²) < 4.78 is 5.71. The molecule has 0 unspecified atom stereocenters. The number of furan rings is 1. The number of rotatable bonds is 3. The molecule has 3 aromatic rings. The number of non-ortho nitro benzene ring substituents is 1. The number of aliphatic imine (C=N–C) groups is 1. The lowest BCUT2D eigenvalue weighted by atomic mass is 10.00. The van der Waals surface area contributed by atoms with Gasteiger partial charge in [0.1, 0.15) is 0 Å². The van der Waals surface area contributed by atoms with Crippen molar-refractivity contribution in [1.82, 2.24) is 5.32 Å². The van der Waals surface area contributed by atoms with Crippen molar-refractivity contribution < 1.29 is 9.34 Å². The number of hydrogen-bond acceptors (Lipinski definition) is 5. The SMILES string of the molecule is O=[N+]([O-])c1cccc(-c2cccc3c(C4=NCCN4)occ23)c1. The van der Waals surface area contributed by atoms with Crippen LogP contribution in [-0.4, -0.2) is 23.8 Å². The maximum atomic E-state index is 11.0. The number of nitrogens with one attached hydrogen (secondary N) is 1. The van der Waals surface area contributed by atoms with Gasteiger partial charge in [-0.1, -0.05) is 30.3 Å². The predicted octanol–water partition coefficient (Wildman–Crippen LogP) is 3.36. The van der Waals surface area contributed by atoms with Crippen LogP contribution in [0.4, 0.5) is 5.69 Å². The molecule has 0 aliphatic carbocycles. The largest absolute Gasteiger partial charge is 0.460 e. The minimum absolute atomic E-state index is 0.0741. The zero-order chi connectivity index (χ0) is 15.8. The minimum atomic E-state index is -0.387. The lowest BCUT2D eigenvalue weighted by Gasteiger charge is -2.04. The van der Waals surface area contributed by atoms with E-state index in [1.165, 1.54) is 6.07 Å². The maximum absolute atomic E-state index is 11.0. The number of amidine groups is 1. The number of nitro benzene ring substituents is 1. The first-order valence-corrected chi connectivity index (χ1v) is 7.28. The summed E-state index contributed by atoms with van der Waals surface area (Å²) in [6, 6.07) is 12.4. The van der Waals surface area contributed by atoms with E-state index in [0.29, 0.717) is 5.76 Å². The number of benzene rings is 2. The summed E-state index contributed by atoms with van der Waals surface area (Å²) >= 11 is 0. The second-order valence-corrected chi connectivity index (χ2v) is 5.30. The van der Waals surface area contributed by atoms with Crippen LogP contribution >= 0.6 is 0 Å². The molecule has 6 nitrogen and oxygen atoms in total. The summed E-state index contributed by atoms with van der Waals surface area (Å²) in [6.07, 6.45) is 1.68. The van der Waals surface area contributed by atoms with E-state index < -0.39 is 0 Å². The van der Waals surface area contributed by atoms with Crippen LogP contribution in [-0.2, 0) is 0 Å². The third kappa shape index (κ3) is 2.24. The third-order valence-electron chi connectivity index (χ3n) is 3.90. The van der Waals surface area contributed by atoms with Gasteiger partial charge in [-0.15, -0.1) is 0 Å². The Bertz CT molecular complexity index is 943. The molecule has 2 aromatic carbocycles. The standard InChI is InChI=1S/C17H13N3O3/c21-20(22)12-4-1-3-11(9-12)13-5-2-6-14-15(13)10-23-16(14)17-18-7-8-19-17/h1-6,9-10H,7-8H2,(H,18,19). The fourth-order valence-corrected chi connectivity index (χ4v) is 2.84. The van der Waals surface area contributed by atoms with Gasteiger partial charge in [-0.25, -0.2) is 0 Å². The first-order valence-electron chi connectivity index (χ1n) is 7.28. The number of fused-ring (bicyclic) bond motifs is 1. The number of hydrogen-bond donors (Lipinski definition) is 1. The highest BCUT2D eigenvalue weighted by Crippen LogP contribution is 2.33. The van der Waals surface area contributed by atoms with E-state index in [4.69, 9.17) is 4.42 Å². The topological polar surface area (TPSA) is 80.7 Å². The molecule has 114 valence electrons. The van der Waals surface area contributed by atoms with Gasteiger partial charge in [0.2, 0.25) is 0 Å². The summed E-state index contributed by atoms with van der Waals surface area (Å²) in [7, 11) is 0. The van der Waals surface area contributed by atoms with Gasteiger partial charge in [0, 0.05) is 29.4 Å². The van der Waals surface area contributed by atoms with Crippen LogP contribution in [0.15, 0.2) is 58.1 Å². The van der Waals surface area contributed by atoms with Crippen molar-refractivity contribution in [3.05, 3.63) is 64.6 Å². The van der Waals surface area contributed by atoms with Crippen molar-refractivity contribution >= 4 is 22.3 Å². The first kappa shape index (κ1) is 13.5. The number of nitro groups is 1. The van der Waals surface area contributed by atoms with E-state index >= 15 is 0 Å². The highest BCUT2D eigenvalue weighted by Gasteiger charge is 2.18. The summed E-state index contributed by atoms with van der Waals surface area (Å²) in [5, 5.41) is 16.1. The molecule has 4 rings (SSSR count). The fraction of sp³-hybridized carbons (Fsp3) is 0.118. The zero-order valence-electron chi connectivity index (χ0n) is 12.2. The van der Waals surface area contributed by atoms with Gasteiger partial charge >= 0.3 is 0 Å².